The molecular formula is C7H9O6P. The van der Waals surface area contributed by atoms with Crippen LogP contribution in [0.25, 0.3) is 0 Å². The first-order valence-corrected chi connectivity index (χ1v) is 5.16. The lowest BCUT2D eigenvalue weighted by Crippen LogP contribution is -2.45. The molecule has 0 N–H and O–H groups in total. The summed E-state index contributed by atoms with van der Waals surface area (Å²) in [6.45, 7) is 1.39. The van der Waals surface area contributed by atoms with E-state index >= 15 is 0 Å². The molecule has 3 aliphatic heterocycles. The van der Waals surface area contributed by atoms with Gasteiger partial charge in [-0.3, -0.25) is 9.59 Å². The van der Waals surface area contributed by atoms with E-state index in [1.165, 1.54) is 0 Å². The average Bonchev–Trinajstić information content (AvgIpc) is 2.20. The summed E-state index contributed by atoms with van der Waals surface area (Å²) in [7, 11) is -1.19. The summed E-state index contributed by atoms with van der Waals surface area (Å²) in [5.74, 6) is -0.580. The van der Waals surface area contributed by atoms with E-state index in [1.54, 1.807) is 0 Å². The molecule has 3 aliphatic rings. The second-order valence-electron chi connectivity index (χ2n) is 3.31. The van der Waals surface area contributed by atoms with Crippen LogP contribution in [0.2, 0.25) is 0 Å². The van der Waals surface area contributed by atoms with Crippen LogP contribution in [0.4, 0.5) is 0 Å². The Morgan fingerprint density at radius 3 is 2.43 bits per heavy atom. The number of carbonyl (C=O) groups is 2. The van der Waals surface area contributed by atoms with Crippen LogP contribution in [0, 0.1) is 5.41 Å². The topological polar surface area (TPSA) is 71.1 Å². The van der Waals surface area contributed by atoms with Gasteiger partial charge < -0.3 is 18.3 Å². The zero-order chi connectivity index (χ0) is 10.0. The highest BCUT2D eigenvalue weighted by Crippen LogP contribution is 2.54. The first-order valence-electron chi connectivity index (χ1n) is 4.06. The normalized spacial score (nSPS) is 35.3. The van der Waals surface area contributed by atoms with Gasteiger partial charge in [-0.05, 0) is 0 Å². The first kappa shape index (κ1) is 9.98. The molecule has 3 saturated heterocycles. The van der Waals surface area contributed by atoms with Crippen molar-refractivity contribution in [2.45, 2.75) is 6.42 Å². The standard InChI is InChI=1S/C7H9O6P/c8-5-10-6(9)1-7-2-11-14(12-3-7)13-4-7/h5H,1-4H2. The third-order valence-electron chi connectivity index (χ3n) is 2.13. The van der Waals surface area contributed by atoms with Crippen molar-refractivity contribution in [2.75, 3.05) is 19.8 Å². The van der Waals surface area contributed by atoms with Gasteiger partial charge in [0.1, 0.15) is 0 Å². The van der Waals surface area contributed by atoms with Gasteiger partial charge in [-0.15, -0.1) is 0 Å². The van der Waals surface area contributed by atoms with E-state index in [0.717, 1.165) is 0 Å². The third kappa shape index (κ3) is 1.93. The molecule has 0 saturated carbocycles. The molecule has 2 bridgehead atoms. The molecule has 0 spiro atoms. The summed E-state index contributed by atoms with van der Waals surface area (Å²) in [5.41, 5.74) is -0.475. The molecule has 0 aromatic carbocycles. The number of rotatable bonds is 3. The molecule has 0 radical (unpaired) electrons. The number of esters is 1. The molecule has 0 aliphatic carbocycles. The highest BCUT2D eigenvalue weighted by molar-refractivity contribution is 7.41. The van der Waals surface area contributed by atoms with E-state index in [0.29, 0.717) is 19.8 Å². The number of carbonyl (C=O) groups excluding carboxylic acids is 2. The van der Waals surface area contributed by atoms with E-state index in [2.05, 4.69) is 4.74 Å². The van der Waals surface area contributed by atoms with Gasteiger partial charge >= 0.3 is 21.0 Å². The molecule has 3 heterocycles. The van der Waals surface area contributed by atoms with Crippen LogP contribution in [0.5, 0.6) is 0 Å². The molecule has 7 heteroatoms. The predicted molar refractivity (Wildman–Crippen MR) is 44.0 cm³/mol. The van der Waals surface area contributed by atoms with E-state index in [-0.39, 0.29) is 12.9 Å². The summed E-state index contributed by atoms with van der Waals surface area (Å²) < 4.78 is 19.8. The number of hydrogen-bond donors (Lipinski definition) is 0. The molecule has 14 heavy (non-hydrogen) atoms. The largest absolute Gasteiger partial charge is 0.395 e. The van der Waals surface area contributed by atoms with Crippen molar-refractivity contribution in [2.24, 2.45) is 5.41 Å². The number of hydrogen-bond acceptors (Lipinski definition) is 6. The van der Waals surface area contributed by atoms with Crippen molar-refractivity contribution < 1.29 is 27.9 Å². The maximum atomic E-state index is 11.1. The van der Waals surface area contributed by atoms with Gasteiger partial charge in [0.2, 0.25) is 0 Å². The van der Waals surface area contributed by atoms with Crippen LogP contribution in [0.15, 0.2) is 0 Å². The summed E-state index contributed by atoms with van der Waals surface area (Å²) in [5, 5.41) is 0. The lowest BCUT2D eigenvalue weighted by Gasteiger charge is -2.43. The second-order valence-corrected chi connectivity index (χ2v) is 4.53. The Hall–Kier alpha value is -0.550. The van der Waals surface area contributed by atoms with E-state index in [4.69, 9.17) is 13.6 Å². The fraction of sp³-hybridized carbons (Fsp3) is 0.714. The lowest BCUT2D eigenvalue weighted by atomic mass is 9.87. The van der Waals surface area contributed by atoms with Crippen LogP contribution >= 0.6 is 8.60 Å². The highest BCUT2D eigenvalue weighted by atomic mass is 31.2. The Morgan fingerprint density at radius 1 is 1.36 bits per heavy atom. The molecule has 3 fully saturated rings. The molecule has 0 aromatic rings. The monoisotopic (exact) mass is 220 g/mol. The van der Waals surface area contributed by atoms with Crippen molar-refractivity contribution >= 4 is 21.0 Å². The minimum atomic E-state index is -1.19. The Labute approximate surface area is 81.5 Å². The van der Waals surface area contributed by atoms with Crippen LogP contribution in [0.1, 0.15) is 6.42 Å². The Morgan fingerprint density at radius 2 is 1.93 bits per heavy atom. The third-order valence-corrected chi connectivity index (χ3v) is 3.15. The Kier molecular flexibility index (Phi) is 2.78. The SMILES string of the molecule is O=COC(=O)CC12COP(OC1)OC2. The van der Waals surface area contributed by atoms with E-state index < -0.39 is 20.0 Å². The quantitative estimate of drug-likeness (QED) is 0.296. The molecule has 78 valence electrons. The summed E-state index contributed by atoms with van der Waals surface area (Å²) >= 11 is 0. The van der Waals surface area contributed by atoms with Gasteiger partial charge in [0.05, 0.1) is 31.7 Å². The molecule has 3 rings (SSSR count). The maximum Gasteiger partial charge on any atom is 0.332 e. The fourth-order valence-electron chi connectivity index (χ4n) is 1.36. The van der Waals surface area contributed by atoms with Crippen LogP contribution in [-0.4, -0.2) is 32.3 Å². The minimum absolute atomic E-state index is 0.0783. The van der Waals surface area contributed by atoms with Crippen LogP contribution in [-0.2, 0) is 27.9 Å². The maximum absolute atomic E-state index is 11.1. The van der Waals surface area contributed by atoms with Crippen LogP contribution < -0.4 is 0 Å². The van der Waals surface area contributed by atoms with Crippen molar-refractivity contribution in [3.8, 4) is 0 Å². The van der Waals surface area contributed by atoms with Gasteiger partial charge in [-0.2, -0.15) is 0 Å². The minimum Gasteiger partial charge on any atom is -0.395 e. The molecule has 0 unspecified atom stereocenters. The first-order chi connectivity index (χ1) is 6.74. The van der Waals surface area contributed by atoms with Crippen molar-refractivity contribution in [3.05, 3.63) is 0 Å². The van der Waals surface area contributed by atoms with Crippen molar-refractivity contribution in [1.82, 2.24) is 0 Å². The fourth-order valence-corrected chi connectivity index (χ4v) is 2.72. The molecule has 0 atom stereocenters. The predicted octanol–water partition coefficient (Wildman–Crippen LogP) is 0.366. The summed E-state index contributed by atoms with van der Waals surface area (Å²) in [6.07, 6.45) is 0.0783. The molecule has 6 nitrogen and oxygen atoms in total. The van der Waals surface area contributed by atoms with Gasteiger partial charge in [0, 0.05) is 0 Å². The molecule has 0 aromatic heterocycles. The van der Waals surface area contributed by atoms with Crippen molar-refractivity contribution in [3.63, 3.8) is 0 Å². The van der Waals surface area contributed by atoms with Crippen molar-refractivity contribution in [1.29, 1.82) is 0 Å². The zero-order valence-electron chi connectivity index (χ0n) is 7.30. The van der Waals surface area contributed by atoms with Gasteiger partial charge in [0.25, 0.3) is 0 Å². The Bertz CT molecular complexity index is 233. The summed E-state index contributed by atoms with van der Waals surface area (Å²) in [4.78, 5) is 21.0. The van der Waals surface area contributed by atoms with Gasteiger partial charge in [0.15, 0.2) is 0 Å². The number of fused-ring (bicyclic) bond motifs is 3. The van der Waals surface area contributed by atoms with E-state index in [1.807, 2.05) is 0 Å². The molecular weight excluding hydrogens is 211 g/mol. The lowest BCUT2D eigenvalue weighted by molar-refractivity contribution is -0.158. The second kappa shape index (κ2) is 3.90. The summed E-state index contributed by atoms with van der Waals surface area (Å²) in [6, 6.07) is 0. The average molecular weight is 220 g/mol. The Balaban J connectivity index is 1.94. The van der Waals surface area contributed by atoms with Gasteiger partial charge in [-0.1, -0.05) is 0 Å². The van der Waals surface area contributed by atoms with Crippen LogP contribution in [0.3, 0.4) is 0 Å². The highest BCUT2D eigenvalue weighted by Gasteiger charge is 2.46. The van der Waals surface area contributed by atoms with E-state index in [9.17, 15) is 9.59 Å². The zero-order valence-corrected chi connectivity index (χ0v) is 8.20. The smallest absolute Gasteiger partial charge is 0.332 e. The van der Waals surface area contributed by atoms with Gasteiger partial charge in [-0.25, -0.2) is 0 Å². The molecule has 0 amide bonds. The number of ether oxygens (including phenoxy) is 1.